The number of thiazole rings is 1. The highest BCUT2D eigenvalue weighted by Crippen LogP contribution is 2.25. The average Bonchev–Trinajstić information content (AvgIpc) is 2.52. The van der Waals surface area contributed by atoms with Crippen LogP contribution in [0.2, 0.25) is 0 Å². The molecular formula is C10H9F3N2S. The highest BCUT2D eigenvalue weighted by Gasteiger charge is 2.26. The quantitative estimate of drug-likeness (QED) is 0.876. The average molecular weight is 246 g/mol. The van der Waals surface area contributed by atoms with Crippen LogP contribution in [0.15, 0.2) is 18.2 Å². The zero-order valence-corrected chi connectivity index (χ0v) is 9.25. The van der Waals surface area contributed by atoms with Gasteiger partial charge in [0.15, 0.2) is 0 Å². The number of anilines is 1. The van der Waals surface area contributed by atoms with Crippen molar-refractivity contribution in [2.75, 3.05) is 11.9 Å². The Balaban J connectivity index is 2.19. The molecule has 0 amide bonds. The van der Waals surface area contributed by atoms with Crippen molar-refractivity contribution in [1.29, 1.82) is 0 Å². The molecule has 0 spiro atoms. The van der Waals surface area contributed by atoms with Crippen LogP contribution in [0.1, 0.15) is 5.01 Å². The molecule has 2 aromatic rings. The molecule has 0 saturated carbocycles. The summed E-state index contributed by atoms with van der Waals surface area (Å²) in [5.74, 6) is 0. The lowest BCUT2D eigenvalue weighted by Crippen LogP contribution is -2.21. The number of aryl methyl sites for hydroxylation is 1. The first-order valence-electron chi connectivity index (χ1n) is 4.62. The molecule has 0 bridgehead atoms. The summed E-state index contributed by atoms with van der Waals surface area (Å²) in [6.45, 7) is 0.842. The zero-order chi connectivity index (χ0) is 11.8. The highest BCUT2D eigenvalue weighted by molar-refractivity contribution is 7.18. The predicted molar refractivity (Wildman–Crippen MR) is 58.9 cm³/mol. The van der Waals surface area contributed by atoms with Crippen molar-refractivity contribution < 1.29 is 13.2 Å². The number of rotatable bonds is 2. The van der Waals surface area contributed by atoms with Gasteiger partial charge in [-0.05, 0) is 25.1 Å². The molecule has 0 atom stereocenters. The second-order valence-electron chi connectivity index (χ2n) is 3.38. The van der Waals surface area contributed by atoms with Gasteiger partial charge in [0.25, 0.3) is 0 Å². The van der Waals surface area contributed by atoms with E-state index in [-0.39, 0.29) is 0 Å². The number of hydrogen-bond acceptors (Lipinski definition) is 3. The van der Waals surface area contributed by atoms with Gasteiger partial charge in [0.1, 0.15) is 6.54 Å². The summed E-state index contributed by atoms with van der Waals surface area (Å²) in [6.07, 6.45) is -4.20. The Hall–Kier alpha value is -1.30. The monoisotopic (exact) mass is 246 g/mol. The van der Waals surface area contributed by atoms with E-state index in [4.69, 9.17) is 0 Å². The first-order chi connectivity index (χ1) is 7.44. The highest BCUT2D eigenvalue weighted by atomic mass is 32.1. The Morgan fingerprint density at radius 1 is 1.38 bits per heavy atom. The molecule has 86 valence electrons. The summed E-state index contributed by atoms with van der Waals surface area (Å²) in [7, 11) is 0. The van der Waals surface area contributed by atoms with Crippen LogP contribution < -0.4 is 5.32 Å². The van der Waals surface area contributed by atoms with Crippen LogP contribution >= 0.6 is 11.3 Å². The predicted octanol–water partition coefficient (Wildman–Crippen LogP) is 3.58. The summed E-state index contributed by atoms with van der Waals surface area (Å²) < 4.78 is 36.9. The van der Waals surface area contributed by atoms with Crippen LogP contribution in [-0.2, 0) is 0 Å². The van der Waals surface area contributed by atoms with Crippen LogP contribution in [0.3, 0.4) is 0 Å². The number of aromatic nitrogens is 1. The fourth-order valence-corrected chi connectivity index (χ4v) is 2.16. The second-order valence-corrected chi connectivity index (χ2v) is 4.62. The van der Waals surface area contributed by atoms with Crippen molar-refractivity contribution in [2.24, 2.45) is 0 Å². The third-order valence-corrected chi connectivity index (χ3v) is 2.94. The number of fused-ring (bicyclic) bond motifs is 1. The SMILES string of the molecule is Cc1nc2cc(NCC(F)(F)F)ccc2s1. The molecule has 0 saturated heterocycles. The minimum atomic E-state index is -4.20. The minimum absolute atomic E-state index is 0.440. The fourth-order valence-electron chi connectivity index (χ4n) is 1.35. The van der Waals surface area contributed by atoms with E-state index >= 15 is 0 Å². The largest absolute Gasteiger partial charge is 0.405 e. The lowest BCUT2D eigenvalue weighted by molar-refractivity contribution is -0.115. The Bertz CT molecular complexity index is 504. The van der Waals surface area contributed by atoms with Crippen LogP contribution in [0.5, 0.6) is 0 Å². The molecule has 0 unspecified atom stereocenters. The van der Waals surface area contributed by atoms with E-state index in [1.165, 1.54) is 11.3 Å². The van der Waals surface area contributed by atoms with Crippen LogP contribution in [0, 0.1) is 6.92 Å². The third kappa shape index (κ3) is 2.63. The van der Waals surface area contributed by atoms with Gasteiger partial charge in [0.05, 0.1) is 15.2 Å². The van der Waals surface area contributed by atoms with Gasteiger partial charge in [-0.3, -0.25) is 0 Å². The maximum atomic E-state index is 12.0. The standard InChI is InChI=1S/C10H9F3N2S/c1-6-15-8-4-7(2-3-9(8)16-6)14-5-10(11,12)13/h2-4,14H,5H2,1H3. The summed E-state index contributed by atoms with van der Waals surface area (Å²) in [6, 6.07) is 5.04. The van der Waals surface area contributed by atoms with Gasteiger partial charge in [-0.15, -0.1) is 11.3 Å². The van der Waals surface area contributed by atoms with Crippen molar-refractivity contribution in [3.8, 4) is 0 Å². The lowest BCUT2D eigenvalue weighted by Gasteiger charge is -2.08. The Morgan fingerprint density at radius 3 is 2.81 bits per heavy atom. The van der Waals surface area contributed by atoms with E-state index in [1.807, 2.05) is 6.92 Å². The van der Waals surface area contributed by atoms with Gasteiger partial charge >= 0.3 is 6.18 Å². The van der Waals surface area contributed by atoms with Gasteiger partial charge in [-0.1, -0.05) is 0 Å². The van der Waals surface area contributed by atoms with Crippen molar-refractivity contribution >= 4 is 27.2 Å². The smallest absolute Gasteiger partial charge is 0.376 e. The van der Waals surface area contributed by atoms with E-state index in [0.29, 0.717) is 5.69 Å². The fraction of sp³-hybridized carbons (Fsp3) is 0.300. The van der Waals surface area contributed by atoms with E-state index in [0.717, 1.165) is 15.2 Å². The van der Waals surface area contributed by atoms with Crippen LogP contribution in [0.4, 0.5) is 18.9 Å². The third-order valence-electron chi connectivity index (χ3n) is 1.99. The number of nitrogens with zero attached hydrogens (tertiary/aromatic N) is 1. The lowest BCUT2D eigenvalue weighted by atomic mass is 10.3. The van der Waals surface area contributed by atoms with Gasteiger partial charge in [0, 0.05) is 5.69 Å². The Morgan fingerprint density at radius 2 is 2.12 bits per heavy atom. The molecule has 0 aliphatic heterocycles. The molecule has 0 aliphatic rings. The van der Waals surface area contributed by atoms with Crippen LogP contribution in [-0.4, -0.2) is 17.7 Å². The number of hydrogen-bond donors (Lipinski definition) is 1. The molecule has 0 aliphatic carbocycles. The van der Waals surface area contributed by atoms with E-state index in [9.17, 15) is 13.2 Å². The molecule has 0 radical (unpaired) electrons. The number of alkyl halides is 3. The summed E-state index contributed by atoms with van der Waals surface area (Å²) in [5, 5.41) is 3.23. The Labute approximate surface area is 94.1 Å². The molecule has 2 nitrogen and oxygen atoms in total. The maximum Gasteiger partial charge on any atom is 0.405 e. The van der Waals surface area contributed by atoms with Crippen molar-refractivity contribution in [1.82, 2.24) is 4.98 Å². The Kier molecular flexibility index (Phi) is 2.75. The first kappa shape index (κ1) is 11.2. The van der Waals surface area contributed by atoms with E-state index in [1.54, 1.807) is 18.2 Å². The van der Waals surface area contributed by atoms with Gasteiger partial charge in [-0.2, -0.15) is 13.2 Å². The molecule has 0 fully saturated rings. The number of nitrogens with one attached hydrogen (secondary N) is 1. The van der Waals surface area contributed by atoms with Gasteiger partial charge < -0.3 is 5.32 Å². The molecule has 1 aromatic carbocycles. The molecule has 1 N–H and O–H groups in total. The first-order valence-corrected chi connectivity index (χ1v) is 5.43. The molecule has 1 heterocycles. The van der Waals surface area contributed by atoms with Gasteiger partial charge in [0.2, 0.25) is 0 Å². The molecule has 16 heavy (non-hydrogen) atoms. The molecule has 2 rings (SSSR count). The van der Waals surface area contributed by atoms with E-state index < -0.39 is 12.7 Å². The summed E-state index contributed by atoms with van der Waals surface area (Å²) in [4.78, 5) is 4.22. The minimum Gasteiger partial charge on any atom is -0.376 e. The zero-order valence-electron chi connectivity index (χ0n) is 8.43. The van der Waals surface area contributed by atoms with Crippen molar-refractivity contribution in [3.63, 3.8) is 0 Å². The maximum absolute atomic E-state index is 12.0. The molecular weight excluding hydrogens is 237 g/mol. The normalized spacial score (nSPS) is 12.0. The van der Waals surface area contributed by atoms with Crippen LogP contribution in [0.25, 0.3) is 10.2 Å². The van der Waals surface area contributed by atoms with E-state index in [2.05, 4.69) is 10.3 Å². The number of benzene rings is 1. The summed E-state index contributed by atoms with van der Waals surface area (Å²) in [5.41, 5.74) is 1.17. The molecule has 1 aromatic heterocycles. The summed E-state index contributed by atoms with van der Waals surface area (Å²) >= 11 is 1.52. The molecule has 6 heteroatoms. The van der Waals surface area contributed by atoms with Gasteiger partial charge in [-0.25, -0.2) is 4.98 Å². The van der Waals surface area contributed by atoms with Crippen molar-refractivity contribution in [2.45, 2.75) is 13.1 Å². The second kappa shape index (κ2) is 3.93. The number of halogens is 3. The van der Waals surface area contributed by atoms with Crippen molar-refractivity contribution in [3.05, 3.63) is 23.2 Å². The topological polar surface area (TPSA) is 24.9 Å².